The van der Waals surface area contributed by atoms with E-state index in [1.165, 1.54) is 13.8 Å². The fraction of sp³-hybridized carbons (Fsp3) is 0.533. The molecule has 2 atom stereocenters. The Balaban J connectivity index is 3.06. The van der Waals surface area contributed by atoms with Crippen LogP contribution in [0.1, 0.15) is 27.7 Å². The van der Waals surface area contributed by atoms with Crippen molar-refractivity contribution in [3.05, 3.63) is 11.6 Å². The SMILES string of the molecule is CC(=O)C1=CC(C)(C)[C@]2(C#N)C(=N)O[C@@]1(C)C2(C#N)C#N. The first-order chi connectivity index (χ1) is 9.60. The second-order valence-corrected chi connectivity index (χ2v) is 6.14. The van der Waals surface area contributed by atoms with Gasteiger partial charge in [-0.2, -0.15) is 15.8 Å². The summed E-state index contributed by atoms with van der Waals surface area (Å²) in [5, 5.41) is 37.2. The maximum Gasteiger partial charge on any atom is 0.215 e. The van der Waals surface area contributed by atoms with Gasteiger partial charge in [0.2, 0.25) is 11.3 Å². The summed E-state index contributed by atoms with van der Waals surface area (Å²) in [5.74, 6) is -0.783. The van der Waals surface area contributed by atoms with Gasteiger partial charge < -0.3 is 4.74 Å². The molecule has 0 aromatic rings. The molecule has 0 unspecified atom stereocenters. The van der Waals surface area contributed by atoms with Crippen molar-refractivity contribution >= 4 is 11.7 Å². The molecule has 1 aliphatic heterocycles. The van der Waals surface area contributed by atoms with Gasteiger partial charge in [0.25, 0.3) is 0 Å². The highest BCUT2D eigenvalue weighted by atomic mass is 16.5. The van der Waals surface area contributed by atoms with E-state index in [4.69, 9.17) is 10.1 Å². The molecular weight excluding hydrogens is 268 g/mol. The van der Waals surface area contributed by atoms with E-state index in [1.807, 2.05) is 18.2 Å². The van der Waals surface area contributed by atoms with Gasteiger partial charge in [-0.05, 0) is 13.8 Å². The molecule has 0 spiro atoms. The summed E-state index contributed by atoms with van der Waals surface area (Å²) in [5.41, 5.74) is -6.24. The Hall–Kier alpha value is -2.65. The van der Waals surface area contributed by atoms with Crippen molar-refractivity contribution in [1.29, 1.82) is 21.2 Å². The number of rotatable bonds is 1. The third-order valence-electron chi connectivity index (χ3n) is 4.79. The maximum absolute atomic E-state index is 12.0. The van der Waals surface area contributed by atoms with E-state index in [0.29, 0.717) is 0 Å². The van der Waals surface area contributed by atoms with Crippen LogP contribution in [-0.4, -0.2) is 17.3 Å². The zero-order chi connectivity index (χ0) is 16.3. The fourth-order valence-corrected chi connectivity index (χ4v) is 3.65. The second-order valence-electron chi connectivity index (χ2n) is 6.14. The molecule has 1 N–H and O–H groups in total. The molecule has 0 saturated carbocycles. The number of fused-ring (bicyclic) bond motifs is 2. The van der Waals surface area contributed by atoms with E-state index < -0.39 is 27.7 Å². The Labute approximate surface area is 122 Å². The summed E-state index contributed by atoms with van der Waals surface area (Å²) in [6.45, 7) is 6.00. The van der Waals surface area contributed by atoms with Crippen LogP contribution >= 0.6 is 0 Å². The molecule has 0 radical (unpaired) electrons. The smallest absolute Gasteiger partial charge is 0.215 e. The molecule has 6 heteroatoms. The number of Topliss-reactive ketones (excluding diaryl/α,β-unsaturated/α-hetero) is 1. The van der Waals surface area contributed by atoms with E-state index >= 15 is 0 Å². The minimum absolute atomic E-state index is 0.156. The van der Waals surface area contributed by atoms with E-state index in [2.05, 4.69) is 0 Å². The van der Waals surface area contributed by atoms with Crippen molar-refractivity contribution < 1.29 is 9.53 Å². The van der Waals surface area contributed by atoms with Crippen molar-refractivity contribution in [2.24, 2.45) is 16.2 Å². The van der Waals surface area contributed by atoms with Crippen LogP contribution < -0.4 is 0 Å². The fourth-order valence-electron chi connectivity index (χ4n) is 3.65. The van der Waals surface area contributed by atoms with E-state index in [-0.39, 0.29) is 11.4 Å². The predicted octanol–water partition coefficient (Wildman–Crippen LogP) is 1.85. The predicted molar refractivity (Wildman–Crippen MR) is 71.5 cm³/mol. The van der Waals surface area contributed by atoms with Crippen LogP contribution in [0.3, 0.4) is 0 Å². The number of nitrogens with one attached hydrogen (secondary N) is 1. The number of ketones is 1. The molecule has 2 rings (SSSR count). The average molecular weight is 282 g/mol. The number of allylic oxidation sites excluding steroid dienone is 1. The zero-order valence-corrected chi connectivity index (χ0v) is 12.2. The van der Waals surface area contributed by atoms with Gasteiger partial charge in [0, 0.05) is 11.0 Å². The Bertz CT molecular complexity index is 714. The Morgan fingerprint density at radius 3 is 2.10 bits per heavy atom. The molecule has 1 fully saturated rings. The molecule has 0 amide bonds. The molecule has 0 aromatic carbocycles. The van der Waals surface area contributed by atoms with Crippen molar-refractivity contribution in [3.63, 3.8) is 0 Å². The summed E-state index contributed by atoms with van der Waals surface area (Å²) in [4.78, 5) is 12.0. The third-order valence-corrected chi connectivity index (χ3v) is 4.79. The van der Waals surface area contributed by atoms with Gasteiger partial charge in [0.1, 0.15) is 0 Å². The third kappa shape index (κ3) is 1.16. The molecule has 6 nitrogen and oxygen atoms in total. The monoisotopic (exact) mass is 282 g/mol. The van der Waals surface area contributed by atoms with Gasteiger partial charge in [-0.15, -0.1) is 0 Å². The van der Waals surface area contributed by atoms with E-state index in [0.717, 1.165) is 0 Å². The van der Waals surface area contributed by atoms with Gasteiger partial charge in [-0.25, -0.2) is 0 Å². The first kappa shape index (κ1) is 14.8. The highest BCUT2D eigenvalue weighted by molar-refractivity contribution is 6.02. The largest absolute Gasteiger partial charge is 0.466 e. The van der Waals surface area contributed by atoms with E-state index in [1.54, 1.807) is 19.9 Å². The number of ether oxygens (including phenoxy) is 1. The van der Waals surface area contributed by atoms with Crippen molar-refractivity contribution in [2.45, 2.75) is 33.3 Å². The summed E-state index contributed by atoms with van der Waals surface area (Å²) in [6, 6.07) is 5.76. The summed E-state index contributed by atoms with van der Waals surface area (Å²) in [7, 11) is 0. The van der Waals surface area contributed by atoms with Crippen LogP contribution in [0, 0.1) is 55.6 Å². The molecule has 1 saturated heterocycles. The number of carbonyl (C=O) groups is 1. The lowest BCUT2D eigenvalue weighted by Gasteiger charge is -2.47. The van der Waals surface area contributed by atoms with Crippen molar-refractivity contribution in [2.75, 3.05) is 0 Å². The number of nitriles is 3. The van der Waals surface area contributed by atoms with Crippen LogP contribution in [0.25, 0.3) is 0 Å². The summed E-state index contributed by atoms with van der Waals surface area (Å²) >= 11 is 0. The molecule has 106 valence electrons. The Kier molecular flexibility index (Phi) is 2.61. The number of carbonyl (C=O) groups excluding carboxylic acids is 1. The van der Waals surface area contributed by atoms with Gasteiger partial charge in [0.15, 0.2) is 16.8 Å². The molecule has 2 aliphatic rings. The van der Waals surface area contributed by atoms with Crippen molar-refractivity contribution in [3.8, 4) is 18.2 Å². The number of hydrogen-bond donors (Lipinski definition) is 1. The minimum Gasteiger partial charge on any atom is -0.466 e. The highest BCUT2D eigenvalue weighted by Gasteiger charge is 2.81. The summed E-state index contributed by atoms with van der Waals surface area (Å²) in [6.07, 6.45) is 1.56. The average Bonchev–Trinajstić information content (AvgIpc) is 2.56. The Morgan fingerprint density at radius 1 is 1.19 bits per heavy atom. The lowest BCUT2D eigenvalue weighted by molar-refractivity contribution is -0.116. The molecule has 0 aromatic heterocycles. The topological polar surface area (TPSA) is 122 Å². The van der Waals surface area contributed by atoms with Crippen LogP contribution in [0.5, 0.6) is 0 Å². The summed E-state index contributed by atoms with van der Waals surface area (Å²) < 4.78 is 5.50. The van der Waals surface area contributed by atoms with Crippen LogP contribution in [0.4, 0.5) is 0 Å². The minimum atomic E-state index is -1.95. The normalized spacial score (nSPS) is 34.7. The van der Waals surface area contributed by atoms with Gasteiger partial charge in [-0.1, -0.05) is 19.9 Å². The molecule has 21 heavy (non-hydrogen) atoms. The standard InChI is InChI=1S/C15H14N4O2/c1-9(20)10-5-12(2,3)15(8-18)11(19)21-13(10,4)14(15,6-16)7-17/h5,19H,1-4H3/t13-,15+/m1/s1. The molecule has 2 bridgehead atoms. The molecular formula is C15H14N4O2. The lowest BCUT2D eigenvalue weighted by Crippen LogP contribution is -2.59. The first-order valence-electron chi connectivity index (χ1n) is 6.36. The zero-order valence-electron chi connectivity index (χ0n) is 12.2. The molecule has 1 heterocycles. The quantitative estimate of drug-likeness (QED) is 0.786. The van der Waals surface area contributed by atoms with Gasteiger partial charge in [-0.3, -0.25) is 10.2 Å². The lowest BCUT2D eigenvalue weighted by atomic mass is 9.45. The maximum atomic E-state index is 12.0. The first-order valence-corrected chi connectivity index (χ1v) is 6.36. The highest BCUT2D eigenvalue weighted by Crippen LogP contribution is 2.68. The number of nitrogens with zero attached hydrogens (tertiary/aromatic N) is 3. The Morgan fingerprint density at radius 2 is 1.71 bits per heavy atom. The van der Waals surface area contributed by atoms with Gasteiger partial charge >= 0.3 is 0 Å². The molecule has 1 aliphatic carbocycles. The van der Waals surface area contributed by atoms with Crippen LogP contribution in [0.15, 0.2) is 11.6 Å². The van der Waals surface area contributed by atoms with E-state index in [9.17, 15) is 20.6 Å². The van der Waals surface area contributed by atoms with Crippen molar-refractivity contribution in [1.82, 2.24) is 0 Å². The van der Waals surface area contributed by atoms with Crippen LogP contribution in [0.2, 0.25) is 0 Å². The second kappa shape index (κ2) is 3.71. The number of hydrogen-bond acceptors (Lipinski definition) is 6. The van der Waals surface area contributed by atoms with Gasteiger partial charge in [0.05, 0.1) is 18.2 Å². The van der Waals surface area contributed by atoms with Crippen LogP contribution in [-0.2, 0) is 9.53 Å².